The van der Waals surface area contributed by atoms with E-state index in [4.69, 9.17) is 11.6 Å². The number of hydrogen-bond donors (Lipinski definition) is 0. The van der Waals surface area contributed by atoms with E-state index >= 15 is 0 Å². The molecule has 2 aromatic rings. The largest absolute Gasteiger partial charge is 0.372 e. The number of anilines is 1. The number of carbonyl (C=O) groups excluding carboxylic acids is 1. The zero-order valence-electron chi connectivity index (χ0n) is 16.8. The van der Waals surface area contributed by atoms with Crippen LogP contribution in [-0.2, 0) is 6.54 Å². The van der Waals surface area contributed by atoms with Crippen LogP contribution in [0.15, 0.2) is 36.7 Å². The summed E-state index contributed by atoms with van der Waals surface area (Å²) in [6.07, 6.45) is 7.94. The predicted molar refractivity (Wildman–Crippen MR) is 114 cm³/mol. The summed E-state index contributed by atoms with van der Waals surface area (Å²) in [5.74, 6) is 0. The number of likely N-dealkylation sites (tertiary alicyclic amines) is 2. The van der Waals surface area contributed by atoms with Crippen molar-refractivity contribution < 1.29 is 4.79 Å². The van der Waals surface area contributed by atoms with E-state index in [1.807, 2.05) is 4.90 Å². The summed E-state index contributed by atoms with van der Waals surface area (Å²) in [5, 5.41) is 4.56. The maximum absolute atomic E-state index is 12.7. The minimum Gasteiger partial charge on any atom is -0.372 e. The molecule has 1 spiro atoms. The Hall–Kier alpha value is -2.05. The Morgan fingerprint density at radius 3 is 2.52 bits per heavy atom. The monoisotopic (exact) mass is 413 g/mol. The molecule has 6 nitrogen and oxygen atoms in total. The fourth-order valence-electron chi connectivity index (χ4n) is 5.19. The van der Waals surface area contributed by atoms with Crippen molar-refractivity contribution in [1.82, 2.24) is 19.6 Å². The highest BCUT2D eigenvalue weighted by molar-refractivity contribution is 6.30. The highest BCUT2D eigenvalue weighted by atomic mass is 35.5. The van der Waals surface area contributed by atoms with Crippen LogP contribution in [-0.4, -0.2) is 64.9 Å². The molecular weight excluding hydrogens is 386 g/mol. The lowest BCUT2D eigenvalue weighted by Gasteiger charge is -2.25. The van der Waals surface area contributed by atoms with Crippen LogP contribution in [0.4, 0.5) is 10.5 Å². The second kappa shape index (κ2) is 7.65. The van der Waals surface area contributed by atoms with Crippen molar-refractivity contribution in [2.75, 3.05) is 44.2 Å². The van der Waals surface area contributed by atoms with Gasteiger partial charge in [-0.15, -0.1) is 0 Å². The number of amides is 1. The molecule has 1 amide bonds. The third kappa shape index (κ3) is 3.88. The van der Waals surface area contributed by atoms with Gasteiger partial charge in [-0.3, -0.25) is 4.90 Å². The molecule has 0 bridgehead atoms. The zero-order valence-corrected chi connectivity index (χ0v) is 17.5. The molecule has 0 aliphatic carbocycles. The first-order valence-electron chi connectivity index (χ1n) is 10.7. The summed E-state index contributed by atoms with van der Waals surface area (Å²) >= 11 is 5.91. The number of halogens is 1. The van der Waals surface area contributed by atoms with E-state index in [9.17, 15) is 4.79 Å². The second-order valence-corrected chi connectivity index (χ2v) is 9.31. The predicted octanol–water partition coefficient (Wildman–Crippen LogP) is 3.70. The van der Waals surface area contributed by atoms with Crippen LogP contribution in [0, 0.1) is 5.41 Å². The minimum atomic E-state index is -0.0651. The zero-order chi connectivity index (χ0) is 19.8. The molecule has 0 saturated carbocycles. The Bertz CT molecular complexity index is 876. The molecule has 3 fully saturated rings. The normalized spacial score (nSPS) is 24.9. The van der Waals surface area contributed by atoms with E-state index in [0.717, 1.165) is 45.6 Å². The highest BCUT2D eigenvalue weighted by Crippen LogP contribution is 2.40. The van der Waals surface area contributed by atoms with Crippen molar-refractivity contribution in [3.8, 4) is 0 Å². The van der Waals surface area contributed by atoms with E-state index in [1.54, 1.807) is 6.20 Å². The first-order valence-corrected chi connectivity index (χ1v) is 11.0. The smallest absolute Gasteiger partial charge is 0.344 e. The van der Waals surface area contributed by atoms with Gasteiger partial charge in [-0.25, -0.2) is 4.79 Å². The van der Waals surface area contributed by atoms with Crippen LogP contribution >= 0.6 is 11.6 Å². The molecule has 1 atom stereocenters. The standard InChI is InChI=1S/C22H28ClN5O/c23-19-13-24-28(15-19)21(29)27-12-8-22(17-27)7-11-25(16-22)14-18-3-5-20(6-4-18)26-9-1-2-10-26/h3-6,13,15H,1-2,7-12,14,16-17H2. The lowest BCUT2D eigenvalue weighted by molar-refractivity contribution is 0.196. The molecule has 1 aromatic heterocycles. The van der Waals surface area contributed by atoms with Gasteiger partial charge in [0, 0.05) is 50.4 Å². The summed E-state index contributed by atoms with van der Waals surface area (Å²) in [4.78, 5) is 19.6. The van der Waals surface area contributed by atoms with Crippen molar-refractivity contribution >= 4 is 23.3 Å². The van der Waals surface area contributed by atoms with Gasteiger partial charge in [0.15, 0.2) is 0 Å². The van der Waals surface area contributed by atoms with Crippen LogP contribution in [0.2, 0.25) is 5.02 Å². The van der Waals surface area contributed by atoms with Gasteiger partial charge in [-0.2, -0.15) is 9.78 Å². The van der Waals surface area contributed by atoms with E-state index in [-0.39, 0.29) is 11.4 Å². The van der Waals surface area contributed by atoms with Gasteiger partial charge in [-0.1, -0.05) is 23.7 Å². The topological polar surface area (TPSA) is 44.6 Å². The lowest BCUT2D eigenvalue weighted by atomic mass is 9.86. The summed E-state index contributed by atoms with van der Waals surface area (Å²) in [6, 6.07) is 9.05. The molecular formula is C22H28ClN5O. The maximum atomic E-state index is 12.7. The molecule has 4 heterocycles. The van der Waals surface area contributed by atoms with Crippen molar-refractivity contribution in [3.63, 3.8) is 0 Å². The molecule has 29 heavy (non-hydrogen) atoms. The molecule has 1 unspecified atom stereocenters. The Morgan fingerprint density at radius 1 is 1.03 bits per heavy atom. The Kier molecular flexibility index (Phi) is 5.00. The van der Waals surface area contributed by atoms with Crippen molar-refractivity contribution in [2.24, 2.45) is 5.41 Å². The van der Waals surface area contributed by atoms with Crippen molar-refractivity contribution in [1.29, 1.82) is 0 Å². The molecule has 0 radical (unpaired) electrons. The van der Waals surface area contributed by atoms with Crippen molar-refractivity contribution in [3.05, 3.63) is 47.2 Å². The number of benzene rings is 1. The van der Waals surface area contributed by atoms with E-state index in [2.05, 4.69) is 39.2 Å². The summed E-state index contributed by atoms with van der Waals surface area (Å²) in [6.45, 7) is 7.14. The molecule has 3 aliphatic heterocycles. The number of carbonyl (C=O) groups is 1. The number of nitrogens with zero attached hydrogens (tertiary/aromatic N) is 5. The molecule has 5 rings (SSSR count). The molecule has 3 saturated heterocycles. The van der Waals surface area contributed by atoms with Gasteiger partial charge in [0.2, 0.25) is 0 Å². The average Bonchev–Trinajstić information content (AvgIpc) is 3.52. The second-order valence-electron chi connectivity index (χ2n) is 8.88. The van der Waals surface area contributed by atoms with Gasteiger partial charge < -0.3 is 9.80 Å². The van der Waals surface area contributed by atoms with Gasteiger partial charge >= 0.3 is 6.03 Å². The first-order chi connectivity index (χ1) is 14.1. The minimum absolute atomic E-state index is 0.0651. The SMILES string of the molecule is O=C(N1CCC2(CCN(Cc3ccc(N4CCCC4)cc3)C2)C1)n1cc(Cl)cn1. The molecule has 154 valence electrons. The fraction of sp³-hybridized carbons (Fsp3) is 0.545. The number of rotatable bonds is 3. The summed E-state index contributed by atoms with van der Waals surface area (Å²) < 4.78 is 1.36. The Labute approximate surface area is 177 Å². The maximum Gasteiger partial charge on any atom is 0.344 e. The van der Waals surface area contributed by atoms with Crippen LogP contribution in [0.3, 0.4) is 0 Å². The summed E-state index contributed by atoms with van der Waals surface area (Å²) in [5.41, 5.74) is 2.96. The Balaban J connectivity index is 1.17. The number of aromatic nitrogens is 2. The third-order valence-electron chi connectivity index (χ3n) is 6.79. The highest BCUT2D eigenvalue weighted by Gasteiger charge is 2.44. The van der Waals surface area contributed by atoms with Crippen LogP contribution < -0.4 is 4.90 Å². The van der Waals surface area contributed by atoms with Crippen LogP contribution in [0.25, 0.3) is 0 Å². The molecule has 3 aliphatic rings. The quantitative estimate of drug-likeness (QED) is 0.769. The van der Waals surface area contributed by atoms with Gasteiger partial charge in [-0.05, 0) is 49.9 Å². The first kappa shape index (κ1) is 18.9. The third-order valence-corrected chi connectivity index (χ3v) is 6.98. The summed E-state index contributed by atoms with van der Waals surface area (Å²) in [7, 11) is 0. The lowest BCUT2D eigenvalue weighted by Crippen LogP contribution is -2.36. The van der Waals surface area contributed by atoms with Gasteiger partial charge in [0.1, 0.15) is 0 Å². The molecule has 7 heteroatoms. The van der Waals surface area contributed by atoms with E-state index in [0.29, 0.717) is 5.02 Å². The van der Waals surface area contributed by atoms with Gasteiger partial charge in [0.05, 0.1) is 17.4 Å². The van der Waals surface area contributed by atoms with Crippen LogP contribution in [0.1, 0.15) is 31.2 Å². The molecule has 0 N–H and O–H groups in total. The van der Waals surface area contributed by atoms with E-state index in [1.165, 1.54) is 48.1 Å². The van der Waals surface area contributed by atoms with E-state index < -0.39 is 0 Å². The van der Waals surface area contributed by atoms with Crippen LogP contribution in [0.5, 0.6) is 0 Å². The average molecular weight is 414 g/mol. The van der Waals surface area contributed by atoms with Gasteiger partial charge in [0.25, 0.3) is 0 Å². The molecule has 1 aromatic carbocycles. The number of hydrogen-bond acceptors (Lipinski definition) is 4. The fourth-order valence-corrected chi connectivity index (χ4v) is 5.33. The Morgan fingerprint density at radius 2 is 1.79 bits per heavy atom. The van der Waals surface area contributed by atoms with Crippen molar-refractivity contribution in [2.45, 2.75) is 32.2 Å².